The predicted octanol–water partition coefficient (Wildman–Crippen LogP) is 3.92. The van der Waals surface area contributed by atoms with Crippen molar-refractivity contribution in [3.05, 3.63) is 48.3 Å². The molecule has 0 spiro atoms. The van der Waals surface area contributed by atoms with Crippen LogP contribution in [0.2, 0.25) is 0 Å². The third kappa shape index (κ3) is 9.81. The van der Waals surface area contributed by atoms with Crippen LogP contribution in [-0.2, 0) is 39.1 Å². The Bertz CT molecular complexity index is 1670. The van der Waals surface area contributed by atoms with Crippen molar-refractivity contribution in [2.24, 2.45) is 0 Å². The number of terminal acetylenes is 1. The Hall–Kier alpha value is -3.97. The topological polar surface area (TPSA) is 210 Å². The summed E-state index contributed by atoms with van der Waals surface area (Å²) in [4.78, 5) is 36.4. The number of aliphatic hydroxyl groups is 1. The molecule has 3 aromatic rings. The monoisotopic (exact) mass is 704 g/mol. The average molecular weight is 705 g/mol. The van der Waals surface area contributed by atoms with Crippen molar-refractivity contribution in [1.82, 2.24) is 24.6 Å². The molecule has 17 heteroatoms. The number of hydrogen-bond donors (Lipinski definition) is 4. The second-order valence-corrected chi connectivity index (χ2v) is 13.4. The minimum Gasteiger partial charge on any atom is -0.480 e. The first-order valence-corrected chi connectivity index (χ1v) is 17.6. The van der Waals surface area contributed by atoms with Gasteiger partial charge in [0.15, 0.2) is 28.7 Å². The standard InChI is InChI=1S/C32H42FN6O9P/c1-4-6-7-8-9-13-16-45-30(43)21(3)48-49(44,38-23(29(41)42)17-22-14-11-10-12-15-22)46-19-32(5-2)24(40)18-25(47-32)39-20-35-26-27(34)36-31(33)37-28(26)39/h2,10-12,14-15,20-21,23-25,40H,4,6-9,13,16-19H2,1,3H3,(H,38,44)(H,41,42)(H2,34,36,37)/t21?,23?,24-,25+,32+,49?/m0/s1. The van der Waals surface area contributed by atoms with Crippen LogP contribution < -0.4 is 10.8 Å². The van der Waals surface area contributed by atoms with E-state index in [0.29, 0.717) is 12.0 Å². The van der Waals surface area contributed by atoms with Crippen molar-refractivity contribution >= 4 is 36.7 Å². The molecule has 49 heavy (non-hydrogen) atoms. The molecule has 6 atom stereocenters. The Kier molecular flexibility index (Phi) is 13.2. The summed E-state index contributed by atoms with van der Waals surface area (Å²) in [7, 11) is -4.72. The Balaban J connectivity index is 1.51. The number of imidazole rings is 1. The number of aromatic nitrogens is 4. The molecule has 15 nitrogen and oxygen atoms in total. The molecule has 1 aliphatic rings. The van der Waals surface area contributed by atoms with E-state index in [4.69, 9.17) is 30.7 Å². The van der Waals surface area contributed by atoms with Gasteiger partial charge in [-0.15, -0.1) is 6.42 Å². The first kappa shape index (κ1) is 37.8. The number of fused-ring (bicyclic) bond motifs is 1. The molecule has 0 amide bonds. The van der Waals surface area contributed by atoms with Crippen LogP contribution in [-0.4, -0.2) is 78.7 Å². The van der Waals surface area contributed by atoms with E-state index in [0.717, 1.165) is 32.1 Å². The zero-order valence-corrected chi connectivity index (χ0v) is 28.3. The van der Waals surface area contributed by atoms with Crippen molar-refractivity contribution in [2.45, 2.75) is 95.3 Å². The van der Waals surface area contributed by atoms with Gasteiger partial charge in [-0.2, -0.15) is 14.4 Å². The Morgan fingerprint density at radius 2 is 1.96 bits per heavy atom. The van der Waals surface area contributed by atoms with Crippen LogP contribution >= 0.6 is 7.75 Å². The number of rotatable bonds is 19. The number of nitrogens with two attached hydrogens (primary N) is 1. The molecular weight excluding hydrogens is 662 g/mol. The molecule has 1 aliphatic heterocycles. The summed E-state index contributed by atoms with van der Waals surface area (Å²) in [6, 6.07) is 7.06. The number of unbranched alkanes of at least 4 members (excludes halogenated alkanes) is 5. The lowest BCUT2D eigenvalue weighted by Gasteiger charge is -2.30. The zero-order valence-electron chi connectivity index (χ0n) is 27.4. The van der Waals surface area contributed by atoms with E-state index in [1.165, 1.54) is 17.8 Å². The molecule has 0 saturated carbocycles. The predicted molar refractivity (Wildman–Crippen MR) is 175 cm³/mol. The molecule has 0 radical (unpaired) electrons. The molecule has 1 fully saturated rings. The summed E-state index contributed by atoms with van der Waals surface area (Å²) in [5.41, 5.74) is 4.47. The lowest BCUT2D eigenvalue weighted by atomic mass is 9.99. The molecule has 0 aliphatic carbocycles. The summed E-state index contributed by atoms with van der Waals surface area (Å²) in [5.74, 6) is -0.0882. The van der Waals surface area contributed by atoms with Crippen LogP contribution in [0.1, 0.15) is 70.6 Å². The highest BCUT2D eigenvalue weighted by Crippen LogP contribution is 2.49. The van der Waals surface area contributed by atoms with Crippen LogP contribution in [0.4, 0.5) is 10.2 Å². The van der Waals surface area contributed by atoms with Gasteiger partial charge in [-0.05, 0) is 25.3 Å². The molecule has 3 unspecified atom stereocenters. The van der Waals surface area contributed by atoms with Crippen LogP contribution in [0.25, 0.3) is 11.2 Å². The summed E-state index contributed by atoms with van der Waals surface area (Å²) >= 11 is 0. The Morgan fingerprint density at radius 1 is 1.24 bits per heavy atom. The number of nitrogen functional groups attached to an aromatic ring is 1. The lowest BCUT2D eigenvalue weighted by molar-refractivity contribution is -0.152. The molecule has 5 N–H and O–H groups in total. The average Bonchev–Trinajstić information content (AvgIpc) is 3.64. The maximum absolute atomic E-state index is 14.3. The van der Waals surface area contributed by atoms with Crippen molar-refractivity contribution in [2.75, 3.05) is 18.9 Å². The molecule has 0 bridgehead atoms. The second kappa shape index (κ2) is 17.1. The van der Waals surface area contributed by atoms with Gasteiger partial charge >= 0.3 is 25.8 Å². The lowest BCUT2D eigenvalue weighted by Crippen LogP contribution is -2.44. The number of carbonyl (C=O) groups is 2. The first-order chi connectivity index (χ1) is 23.4. The maximum atomic E-state index is 14.3. The van der Waals surface area contributed by atoms with E-state index in [2.05, 4.69) is 32.9 Å². The number of aliphatic carboxylic acids is 1. The van der Waals surface area contributed by atoms with Crippen molar-refractivity contribution in [3.63, 3.8) is 0 Å². The number of nitrogens with zero attached hydrogens (tertiary/aromatic N) is 4. The molecule has 266 valence electrons. The van der Waals surface area contributed by atoms with Gasteiger partial charge in [-0.3, -0.25) is 18.4 Å². The highest BCUT2D eigenvalue weighted by Gasteiger charge is 2.50. The highest BCUT2D eigenvalue weighted by molar-refractivity contribution is 7.51. The van der Waals surface area contributed by atoms with E-state index < -0.39 is 62.4 Å². The number of nitrogens with one attached hydrogen (secondary N) is 1. The van der Waals surface area contributed by atoms with Crippen molar-refractivity contribution < 1.29 is 47.3 Å². The number of ether oxygens (including phenoxy) is 2. The van der Waals surface area contributed by atoms with Crippen LogP contribution in [0.3, 0.4) is 0 Å². The molecule has 2 aromatic heterocycles. The summed E-state index contributed by atoms with van der Waals surface area (Å²) in [6.07, 6.45) is 7.56. The molecular formula is C32H42FN6O9P. The number of carboxylic acids is 1. The third-order valence-electron chi connectivity index (χ3n) is 8.00. The van der Waals surface area contributed by atoms with Gasteiger partial charge in [-0.1, -0.05) is 75.3 Å². The van der Waals surface area contributed by atoms with Crippen LogP contribution in [0.15, 0.2) is 36.7 Å². The molecule has 1 saturated heterocycles. The fourth-order valence-electron chi connectivity index (χ4n) is 5.28. The van der Waals surface area contributed by atoms with Crippen LogP contribution in [0, 0.1) is 18.4 Å². The quantitative estimate of drug-likeness (QED) is 0.0458. The van der Waals surface area contributed by atoms with Gasteiger partial charge in [0.1, 0.15) is 25.0 Å². The number of halogens is 1. The fourth-order valence-corrected chi connectivity index (χ4v) is 6.92. The Labute approximate surface area is 283 Å². The first-order valence-electron chi connectivity index (χ1n) is 16.0. The number of esters is 1. The molecule has 3 heterocycles. The zero-order chi connectivity index (χ0) is 35.6. The largest absolute Gasteiger partial charge is 0.480 e. The smallest absolute Gasteiger partial charge is 0.407 e. The van der Waals surface area contributed by atoms with Gasteiger partial charge < -0.3 is 25.4 Å². The normalized spacial score (nSPS) is 21.5. The molecule has 4 rings (SSSR count). The number of carboxylic acid groups (broad SMARTS) is 1. The van der Waals surface area contributed by atoms with E-state index in [1.54, 1.807) is 30.3 Å². The number of hydrogen-bond acceptors (Lipinski definition) is 12. The number of anilines is 1. The van der Waals surface area contributed by atoms with E-state index >= 15 is 0 Å². The number of aliphatic hydroxyl groups excluding tert-OH is 1. The van der Waals surface area contributed by atoms with Gasteiger partial charge in [0.2, 0.25) is 0 Å². The minimum absolute atomic E-state index is 0.0230. The molecule has 1 aromatic carbocycles. The van der Waals surface area contributed by atoms with Gasteiger partial charge in [-0.25, -0.2) is 19.4 Å². The van der Waals surface area contributed by atoms with Crippen LogP contribution in [0.5, 0.6) is 0 Å². The van der Waals surface area contributed by atoms with E-state index in [1.807, 2.05) is 0 Å². The Morgan fingerprint density at radius 3 is 2.65 bits per heavy atom. The highest BCUT2D eigenvalue weighted by atomic mass is 31.2. The summed E-state index contributed by atoms with van der Waals surface area (Å²) in [6.45, 7) is 2.75. The summed E-state index contributed by atoms with van der Waals surface area (Å²) in [5, 5.41) is 23.5. The fraction of sp³-hybridized carbons (Fsp3) is 0.531. The SMILES string of the molecule is C#C[C@]1(COP(=O)(NC(Cc2ccccc2)C(=O)O)OC(C)C(=O)OCCCCCCCC)O[C@@H](n2cnc3c(N)nc(F)nc32)C[C@@H]1O. The second-order valence-electron chi connectivity index (χ2n) is 11.7. The minimum atomic E-state index is -4.72. The van der Waals surface area contributed by atoms with E-state index in [9.17, 15) is 28.8 Å². The summed E-state index contributed by atoms with van der Waals surface area (Å²) < 4.78 is 52.1. The van der Waals surface area contributed by atoms with E-state index in [-0.39, 0.29) is 36.4 Å². The van der Waals surface area contributed by atoms with Gasteiger partial charge in [0.25, 0.3) is 0 Å². The van der Waals surface area contributed by atoms with Gasteiger partial charge in [0, 0.05) is 6.42 Å². The third-order valence-corrected chi connectivity index (χ3v) is 9.69. The van der Waals surface area contributed by atoms with Crippen molar-refractivity contribution in [3.8, 4) is 12.3 Å². The number of benzene rings is 1. The maximum Gasteiger partial charge on any atom is 0.407 e. The van der Waals surface area contributed by atoms with Crippen molar-refractivity contribution in [1.29, 1.82) is 0 Å². The van der Waals surface area contributed by atoms with Gasteiger partial charge in [0.05, 0.1) is 12.9 Å². The number of carbonyl (C=O) groups excluding carboxylic acids is 1.